The number of nitrogens with zero attached hydrogens (tertiary/aromatic N) is 4. The van der Waals surface area contributed by atoms with Crippen LogP contribution >= 0.6 is 0 Å². The molecule has 1 spiro atoms. The lowest BCUT2D eigenvalue weighted by Crippen LogP contribution is -2.59. The smallest absolute Gasteiger partial charge is 0.253 e. The van der Waals surface area contributed by atoms with Gasteiger partial charge in [-0.3, -0.25) is 14.4 Å². The van der Waals surface area contributed by atoms with Crippen molar-refractivity contribution in [3.63, 3.8) is 0 Å². The Hall–Kier alpha value is -3.95. The van der Waals surface area contributed by atoms with E-state index in [1.165, 1.54) is 0 Å². The minimum Gasteiger partial charge on any atom is -0.394 e. The molecule has 4 aliphatic rings. The highest BCUT2D eigenvalue weighted by Crippen LogP contribution is 2.58. The second-order valence-corrected chi connectivity index (χ2v) is 13.4. The third kappa shape index (κ3) is 5.04. The quantitative estimate of drug-likeness (QED) is 0.415. The summed E-state index contributed by atoms with van der Waals surface area (Å²) in [6.07, 6.45) is 8.07. The number of hydrogen-bond acceptors (Lipinski definition) is 6. The van der Waals surface area contributed by atoms with Crippen molar-refractivity contribution in [3.8, 4) is 0 Å². The number of benzene rings is 2. The average Bonchev–Trinajstić information content (AvgIpc) is 3.32. The molecule has 6 rings (SSSR count). The number of likely N-dealkylation sites (tertiary alicyclic amines) is 1. The summed E-state index contributed by atoms with van der Waals surface area (Å²) in [5, 5.41) is 10.7. The van der Waals surface area contributed by atoms with Gasteiger partial charge in [-0.15, -0.1) is 0 Å². The summed E-state index contributed by atoms with van der Waals surface area (Å²) in [5.41, 5.74) is 0.00342. The van der Waals surface area contributed by atoms with Gasteiger partial charge in [0.25, 0.3) is 5.91 Å². The largest absolute Gasteiger partial charge is 0.394 e. The molecule has 244 valence electrons. The first-order valence-corrected chi connectivity index (χ1v) is 16.6. The molecule has 0 saturated carbocycles. The Morgan fingerprint density at radius 1 is 0.848 bits per heavy atom. The number of fused-ring (bicyclic) bond motifs is 2. The minimum absolute atomic E-state index is 0.156. The van der Waals surface area contributed by atoms with E-state index in [9.17, 15) is 19.5 Å². The highest BCUT2D eigenvalue weighted by molar-refractivity contribution is 6.07. The van der Waals surface area contributed by atoms with Crippen molar-refractivity contribution >= 4 is 34.8 Å². The molecule has 2 fully saturated rings. The summed E-state index contributed by atoms with van der Waals surface area (Å²) in [6, 6.07) is 15.7. The molecule has 9 heteroatoms. The van der Waals surface area contributed by atoms with E-state index >= 15 is 0 Å². The fraction of sp³-hybridized carbons (Fsp3) is 0.486. The van der Waals surface area contributed by atoms with Gasteiger partial charge in [-0.1, -0.05) is 56.4 Å². The van der Waals surface area contributed by atoms with Crippen molar-refractivity contribution in [2.75, 3.05) is 47.5 Å². The Kier molecular flexibility index (Phi) is 8.59. The SMILES string of the molecule is CCN(CC)c1ccc(N2CC=C[C@]34O[C@@]5(C)C=CCN(c6ccccc6)C(=O)[C@H]5[C@H]3C(=O)N([C@@H](CO)CC(C)C)C4C2=O)cc1. The van der Waals surface area contributed by atoms with Crippen LogP contribution < -0.4 is 14.7 Å². The Morgan fingerprint density at radius 3 is 2.07 bits per heavy atom. The molecule has 2 aromatic carbocycles. The highest BCUT2D eigenvalue weighted by atomic mass is 16.5. The van der Waals surface area contributed by atoms with E-state index in [0.29, 0.717) is 18.7 Å². The second kappa shape index (κ2) is 12.3. The number of aliphatic hydroxyl groups is 1. The molecule has 2 saturated heterocycles. The van der Waals surface area contributed by atoms with Crippen molar-refractivity contribution < 1.29 is 24.2 Å². The van der Waals surface area contributed by atoms with Gasteiger partial charge in [-0.25, -0.2) is 0 Å². The van der Waals surface area contributed by atoms with Gasteiger partial charge in [0.15, 0.2) is 0 Å². The third-order valence-corrected chi connectivity index (χ3v) is 10.2. The number of carbonyl (C=O) groups is 3. The van der Waals surface area contributed by atoms with Crippen molar-refractivity contribution in [2.45, 2.75) is 64.3 Å². The van der Waals surface area contributed by atoms with Gasteiger partial charge >= 0.3 is 0 Å². The van der Waals surface area contributed by atoms with Crippen LogP contribution in [0.3, 0.4) is 0 Å². The van der Waals surface area contributed by atoms with Crippen molar-refractivity contribution in [3.05, 3.63) is 78.9 Å². The molecule has 46 heavy (non-hydrogen) atoms. The number of rotatable bonds is 9. The van der Waals surface area contributed by atoms with E-state index in [2.05, 4.69) is 18.7 Å². The fourth-order valence-corrected chi connectivity index (χ4v) is 8.18. The number of hydrogen-bond donors (Lipinski definition) is 1. The molecule has 6 atom stereocenters. The van der Waals surface area contributed by atoms with Gasteiger partial charge in [-0.05, 0) is 69.5 Å². The first kappa shape index (κ1) is 32.0. The Balaban J connectivity index is 1.46. The molecule has 0 aliphatic carbocycles. The number of carbonyl (C=O) groups excluding carboxylic acids is 3. The summed E-state index contributed by atoms with van der Waals surface area (Å²) >= 11 is 0. The molecule has 0 aromatic heterocycles. The van der Waals surface area contributed by atoms with Crippen LogP contribution in [0.4, 0.5) is 17.1 Å². The molecular weight excluding hydrogens is 580 g/mol. The summed E-state index contributed by atoms with van der Waals surface area (Å²) in [7, 11) is 0. The first-order chi connectivity index (χ1) is 22.1. The number of amides is 3. The second-order valence-electron chi connectivity index (χ2n) is 13.4. The number of para-hydroxylation sites is 1. The van der Waals surface area contributed by atoms with Gasteiger partial charge in [0.2, 0.25) is 11.8 Å². The van der Waals surface area contributed by atoms with E-state index in [1.807, 2.05) is 99.7 Å². The van der Waals surface area contributed by atoms with Crippen molar-refractivity contribution in [1.29, 1.82) is 0 Å². The number of aliphatic hydroxyl groups excluding tert-OH is 1. The zero-order valence-electron chi connectivity index (χ0n) is 27.5. The van der Waals surface area contributed by atoms with Crippen molar-refractivity contribution in [1.82, 2.24) is 4.90 Å². The number of ether oxygens (including phenoxy) is 1. The van der Waals surface area contributed by atoms with E-state index in [0.717, 1.165) is 24.5 Å². The van der Waals surface area contributed by atoms with Crippen LogP contribution in [-0.2, 0) is 19.1 Å². The Morgan fingerprint density at radius 2 is 1.46 bits per heavy atom. The molecule has 4 heterocycles. The molecule has 1 unspecified atom stereocenters. The molecule has 9 nitrogen and oxygen atoms in total. The van der Waals surface area contributed by atoms with Crippen LogP contribution in [0.25, 0.3) is 0 Å². The standard InChI is InChI=1S/C37H46N4O5/c1-6-38(7-2)26-15-17-28(18-16-26)40-22-12-20-37-31(34(44)41(32(37)35(40)45)29(24-42)23-25(3)4)30-33(43)39(27-13-9-8-10-14-27)21-11-19-36(30,5)46-37/h8-20,25,29-32,42H,6-7,21-24H2,1-5H3/t29-,30-,31+,32?,36+,37+/m1/s1. The van der Waals surface area contributed by atoms with Crippen LogP contribution in [0.5, 0.6) is 0 Å². The van der Waals surface area contributed by atoms with Crippen LogP contribution in [-0.4, -0.2) is 83.8 Å². The van der Waals surface area contributed by atoms with E-state index < -0.39 is 35.1 Å². The number of anilines is 3. The van der Waals surface area contributed by atoms with E-state index in [1.54, 1.807) is 14.7 Å². The van der Waals surface area contributed by atoms with E-state index in [4.69, 9.17) is 4.74 Å². The topological polar surface area (TPSA) is 93.6 Å². The van der Waals surface area contributed by atoms with Crippen LogP contribution in [0.2, 0.25) is 0 Å². The molecule has 2 aromatic rings. The average molecular weight is 627 g/mol. The van der Waals surface area contributed by atoms with Crippen LogP contribution in [0, 0.1) is 17.8 Å². The maximum atomic E-state index is 14.9. The predicted octanol–water partition coefficient (Wildman–Crippen LogP) is 4.42. The van der Waals surface area contributed by atoms with Crippen LogP contribution in [0.15, 0.2) is 78.9 Å². The Bertz CT molecular complexity index is 1520. The molecule has 4 aliphatic heterocycles. The van der Waals surface area contributed by atoms with Gasteiger partial charge in [0.05, 0.1) is 30.1 Å². The zero-order chi connectivity index (χ0) is 32.8. The fourth-order valence-electron chi connectivity index (χ4n) is 8.18. The summed E-state index contributed by atoms with van der Waals surface area (Å²) in [4.78, 5) is 51.5. The lowest BCUT2D eigenvalue weighted by molar-refractivity contribution is -0.148. The summed E-state index contributed by atoms with van der Waals surface area (Å²) < 4.78 is 7.00. The summed E-state index contributed by atoms with van der Waals surface area (Å²) in [5.74, 6) is -2.49. The zero-order valence-corrected chi connectivity index (χ0v) is 27.5. The normalized spacial score (nSPS) is 29.5. The van der Waals surface area contributed by atoms with Crippen LogP contribution in [0.1, 0.15) is 41.0 Å². The van der Waals surface area contributed by atoms with Gasteiger partial charge < -0.3 is 29.4 Å². The Labute approximate surface area is 272 Å². The molecule has 0 radical (unpaired) electrons. The minimum atomic E-state index is -1.40. The monoisotopic (exact) mass is 626 g/mol. The summed E-state index contributed by atoms with van der Waals surface area (Å²) in [6.45, 7) is 12.2. The molecule has 3 amide bonds. The van der Waals surface area contributed by atoms with E-state index in [-0.39, 0.29) is 36.8 Å². The maximum absolute atomic E-state index is 14.9. The predicted molar refractivity (Wildman–Crippen MR) is 180 cm³/mol. The van der Waals surface area contributed by atoms with Gasteiger partial charge in [-0.2, -0.15) is 0 Å². The van der Waals surface area contributed by atoms with Gasteiger partial charge in [0.1, 0.15) is 11.6 Å². The first-order valence-electron chi connectivity index (χ1n) is 16.6. The maximum Gasteiger partial charge on any atom is 0.253 e. The lowest BCUT2D eigenvalue weighted by atomic mass is 9.74. The third-order valence-electron chi connectivity index (χ3n) is 10.2. The lowest BCUT2D eigenvalue weighted by Gasteiger charge is -2.40. The molecule has 1 N–H and O–H groups in total. The molecule has 0 bridgehead atoms. The molecular formula is C37H46N4O5. The van der Waals surface area contributed by atoms with Gasteiger partial charge in [0, 0.05) is 43.2 Å². The van der Waals surface area contributed by atoms with Crippen molar-refractivity contribution in [2.24, 2.45) is 17.8 Å². The highest BCUT2D eigenvalue weighted by Gasteiger charge is 2.75.